The molecule has 0 spiro atoms. The minimum atomic E-state index is -4.96. The number of hydrogen-bond acceptors (Lipinski definition) is 15. The van der Waals surface area contributed by atoms with Crippen molar-refractivity contribution in [3.63, 3.8) is 0 Å². The molecule has 0 aliphatic carbocycles. The maximum absolute atomic E-state index is 13.1. The van der Waals surface area contributed by atoms with Gasteiger partial charge in [0.1, 0.15) is 19.3 Å². The van der Waals surface area contributed by atoms with Crippen molar-refractivity contribution < 1.29 is 80.2 Å². The van der Waals surface area contributed by atoms with Crippen LogP contribution >= 0.6 is 15.6 Å². The van der Waals surface area contributed by atoms with Gasteiger partial charge in [-0.3, -0.25) is 37.3 Å². The molecule has 0 fully saturated rings. The summed E-state index contributed by atoms with van der Waals surface area (Å²) >= 11 is 0. The fourth-order valence-electron chi connectivity index (χ4n) is 11.8. The van der Waals surface area contributed by atoms with E-state index in [2.05, 4.69) is 27.7 Å². The molecule has 0 aliphatic rings. The van der Waals surface area contributed by atoms with Crippen LogP contribution in [0, 0.1) is 0 Å². The van der Waals surface area contributed by atoms with E-state index in [-0.39, 0.29) is 25.7 Å². The summed E-state index contributed by atoms with van der Waals surface area (Å²) in [5, 5.41) is 10.6. The lowest BCUT2D eigenvalue weighted by Crippen LogP contribution is -2.30. The Morgan fingerprint density at radius 1 is 0.253 bits per heavy atom. The second-order valence-corrected chi connectivity index (χ2v) is 30.3. The van der Waals surface area contributed by atoms with E-state index < -0.39 is 97.5 Å². The summed E-state index contributed by atoms with van der Waals surface area (Å²) in [6.45, 7) is 4.99. The molecule has 0 rings (SSSR count). The highest BCUT2D eigenvalue weighted by Crippen LogP contribution is 2.45. The van der Waals surface area contributed by atoms with Crippen molar-refractivity contribution >= 4 is 39.5 Å². The van der Waals surface area contributed by atoms with Gasteiger partial charge in [0.15, 0.2) is 12.2 Å². The molecule has 0 amide bonds. The molecule has 0 aromatic heterocycles. The molecule has 0 radical (unpaired) electrons. The van der Waals surface area contributed by atoms with E-state index in [0.717, 1.165) is 89.9 Å². The summed E-state index contributed by atoms with van der Waals surface area (Å²) in [4.78, 5) is 72.8. The number of ether oxygens (including phenoxy) is 4. The molecule has 17 nitrogen and oxygen atoms in total. The van der Waals surface area contributed by atoms with Gasteiger partial charge in [-0.15, -0.1) is 0 Å². The predicted octanol–water partition coefficient (Wildman–Crippen LogP) is 22.6. The molecule has 0 aromatic rings. The third kappa shape index (κ3) is 70.3. The van der Waals surface area contributed by atoms with Crippen molar-refractivity contribution in [1.82, 2.24) is 0 Å². The van der Waals surface area contributed by atoms with Crippen LogP contribution in [0.5, 0.6) is 0 Å². The lowest BCUT2D eigenvalue weighted by atomic mass is 10.0. The number of carbonyl (C=O) groups excluding carboxylic acids is 4. The van der Waals surface area contributed by atoms with Gasteiger partial charge in [-0.05, 0) is 25.7 Å². The number of phosphoric acid groups is 2. The number of carbonyl (C=O) groups is 4. The summed E-state index contributed by atoms with van der Waals surface area (Å²) < 4.78 is 68.5. The number of unbranched alkanes of at least 4 members (excludes halogenated alkanes) is 51. The SMILES string of the molecule is CCCCCCCCCCCCCCCCCCC(=O)OC[C@H](COP(=O)(O)OC[C@@H](O)COP(=O)(O)OC[C@@H](COC(=O)CCCCCCCCCCCC)OC(=O)CCCCCCCCCCCCCCC)OC(=O)CCCCCCCCCCCCCCCCCC. The largest absolute Gasteiger partial charge is 0.472 e. The minimum Gasteiger partial charge on any atom is -0.462 e. The summed E-state index contributed by atoms with van der Waals surface area (Å²) in [5.74, 6) is -2.11. The first kappa shape index (κ1) is 93.1. The zero-order valence-electron chi connectivity index (χ0n) is 61.6. The fraction of sp³-hybridized carbons (Fsp3) is 0.947. The Hall–Kier alpha value is -1.94. The standard InChI is InChI=1S/C76H148O17P2/c1-5-9-13-17-21-25-29-32-34-36-39-41-45-49-53-57-61-74(79)87-67-72(93-76(81)63-59-55-51-47-43-40-37-35-33-30-26-22-18-14-10-6-2)69-91-95(84,85)89-65-70(77)64-88-94(82,83)90-68-71(66-86-73(78)60-56-52-48-44-28-24-20-16-12-8-4)92-75(80)62-58-54-50-46-42-38-31-27-23-19-15-11-7-3/h70-72,77H,5-69H2,1-4H3,(H,82,83)(H,84,85)/t70-,71+,72+/m0/s1. The highest BCUT2D eigenvalue weighted by atomic mass is 31.2. The lowest BCUT2D eigenvalue weighted by molar-refractivity contribution is -0.161. The van der Waals surface area contributed by atoms with E-state index in [4.69, 9.17) is 37.0 Å². The average Bonchev–Trinajstić information content (AvgIpc) is 3.28. The molecule has 0 saturated carbocycles. The van der Waals surface area contributed by atoms with Crippen LogP contribution in [0.3, 0.4) is 0 Å². The topological polar surface area (TPSA) is 237 Å². The summed E-state index contributed by atoms with van der Waals surface area (Å²) in [5.41, 5.74) is 0. The van der Waals surface area contributed by atoms with Crippen molar-refractivity contribution in [2.75, 3.05) is 39.6 Å². The molecular formula is C76H148O17P2. The lowest BCUT2D eigenvalue weighted by Gasteiger charge is -2.21. The van der Waals surface area contributed by atoms with Crippen molar-refractivity contribution in [2.45, 2.75) is 425 Å². The number of phosphoric ester groups is 2. The number of aliphatic hydroxyl groups is 1. The van der Waals surface area contributed by atoms with Crippen LogP contribution in [-0.4, -0.2) is 96.7 Å². The highest BCUT2D eigenvalue weighted by Gasteiger charge is 2.30. The third-order valence-electron chi connectivity index (χ3n) is 17.9. The van der Waals surface area contributed by atoms with E-state index in [0.29, 0.717) is 25.7 Å². The third-order valence-corrected chi connectivity index (χ3v) is 19.8. The van der Waals surface area contributed by atoms with Gasteiger partial charge in [-0.1, -0.05) is 355 Å². The molecule has 0 saturated heterocycles. The zero-order chi connectivity index (χ0) is 69.7. The van der Waals surface area contributed by atoms with Gasteiger partial charge < -0.3 is 33.8 Å². The van der Waals surface area contributed by atoms with Crippen molar-refractivity contribution in [2.24, 2.45) is 0 Å². The monoisotopic (exact) mass is 1400 g/mol. The van der Waals surface area contributed by atoms with E-state index in [1.807, 2.05) is 0 Å². The van der Waals surface area contributed by atoms with Crippen LogP contribution in [0.2, 0.25) is 0 Å². The van der Waals surface area contributed by atoms with Gasteiger partial charge in [0.05, 0.1) is 26.4 Å². The Balaban J connectivity index is 5.24. The summed E-state index contributed by atoms with van der Waals surface area (Å²) in [7, 11) is -9.91. The van der Waals surface area contributed by atoms with Gasteiger partial charge in [0.2, 0.25) is 0 Å². The molecule has 0 bridgehead atoms. The van der Waals surface area contributed by atoms with E-state index in [1.54, 1.807) is 0 Å². The Labute approximate surface area is 581 Å². The van der Waals surface area contributed by atoms with Crippen LogP contribution in [0.15, 0.2) is 0 Å². The zero-order valence-corrected chi connectivity index (χ0v) is 63.4. The molecule has 3 N–H and O–H groups in total. The van der Waals surface area contributed by atoms with Crippen LogP contribution < -0.4 is 0 Å². The smallest absolute Gasteiger partial charge is 0.462 e. The molecular weight excluding hydrogens is 1250 g/mol. The highest BCUT2D eigenvalue weighted by molar-refractivity contribution is 7.47. The first-order valence-corrected chi connectivity index (χ1v) is 42.8. The van der Waals surface area contributed by atoms with Crippen LogP contribution in [0.4, 0.5) is 0 Å². The predicted molar refractivity (Wildman–Crippen MR) is 386 cm³/mol. The Morgan fingerprint density at radius 3 is 0.621 bits per heavy atom. The van der Waals surface area contributed by atoms with Crippen molar-refractivity contribution in [3.05, 3.63) is 0 Å². The Kier molecular flexibility index (Phi) is 69.1. The van der Waals surface area contributed by atoms with Crippen molar-refractivity contribution in [3.8, 4) is 0 Å². The number of hydrogen-bond donors (Lipinski definition) is 3. The second-order valence-electron chi connectivity index (χ2n) is 27.4. The second kappa shape index (κ2) is 70.5. The minimum absolute atomic E-state index is 0.108. The fourth-order valence-corrected chi connectivity index (χ4v) is 13.3. The maximum atomic E-state index is 13.1. The Bertz CT molecular complexity index is 1810. The molecule has 19 heteroatoms. The average molecular weight is 1400 g/mol. The van der Waals surface area contributed by atoms with Crippen LogP contribution in [0.25, 0.3) is 0 Å². The van der Waals surface area contributed by atoms with Gasteiger partial charge >= 0.3 is 39.5 Å². The van der Waals surface area contributed by atoms with Gasteiger partial charge in [0.25, 0.3) is 0 Å². The van der Waals surface area contributed by atoms with Crippen LogP contribution in [-0.2, 0) is 65.4 Å². The molecule has 0 aliphatic heterocycles. The molecule has 5 atom stereocenters. The Morgan fingerprint density at radius 2 is 0.421 bits per heavy atom. The van der Waals surface area contributed by atoms with Gasteiger partial charge in [-0.2, -0.15) is 0 Å². The molecule has 2 unspecified atom stereocenters. The molecule has 0 aromatic carbocycles. The van der Waals surface area contributed by atoms with Gasteiger partial charge in [0, 0.05) is 25.7 Å². The molecule has 0 heterocycles. The normalized spacial score (nSPS) is 13.9. The summed E-state index contributed by atoms with van der Waals surface area (Å²) in [6.07, 6.45) is 60.8. The first-order chi connectivity index (χ1) is 46.2. The van der Waals surface area contributed by atoms with E-state index in [9.17, 15) is 43.2 Å². The number of rotatable bonds is 77. The van der Waals surface area contributed by atoms with E-state index in [1.165, 1.54) is 238 Å². The molecule has 564 valence electrons. The van der Waals surface area contributed by atoms with Crippen LogP contribution in [0.1, 0.15) is 407 Å². The maximum Gasteiger partial charge on any atom is 0.472 e. The molecule has 95 heavy (non-hydrogen) atoms. The van der Waals surface area contributed by atoms with E-state index >= 15 is 0 Å². The first-order valence-electron chi connectivity index (χ1n) is 39.8. The quantitative estimate of drug-likeness (QED) is 0.0222. The summed E-state index contributed by atoms with van der Waals surface area (Å²) in [6, 6.07) is 0. The number of aliphatic hydroxyl groups excluding tert-OH is 1. The van der Waals surface area contributed by atoms with Gasteiger partial charge in [-0.25, -0.2) is 9.13 Å². The number of esters is 4. The van der Waals surface area contributed by atoms with Crippen molar-refractivity contribution in [1.29, 1.82) is 0 Å².